The predicted octanol–water partition coefficient (Wildman–Crippen LogP) is 4.36. The van der Waals surface area contributed by atoms with Crippen molar-refractivity contribution in [1.82, 2.24) is 0 Å². The van der Waals surface area contributed by atoms with E-state index in [9.17, 15) is 35.1 Å². The van der Waals surface area contributed by atoms with Crippen LogP contribution in [-0.2, 0) is 42.7 Å². The number of aliphatic hydroxyl groups excluding tert-OH is 5. The van der Waals surface area contributed by atoms with Crippen LogP contribution in [0.1, 0.15) is 114 Å². The van der Waals surface area contributed by atoms with Crippen LogP contribution in [-0.4, -0.2) is 131 Å². The molecule has 0 aromatic rings. The first-order chi connectivity index (χ1) is 28.0. The molecule has 19 unspecified atom stereocenters. The van der Waals surface area contributed by atoms with Gasteiger partial charge in [-0.25, -0.2) is 0 Å². The van der Waals surface area contributed by atoms with E-state index < -0.39 is 72.7 Å². The van der Waals surface area contributed by atoms with Crippen LogP contribution >= 0.6 is 0 Å². The second kappa shape index (κ2) is 17.9. The second-order valence-corrected chi connectivity index (χ2v) is 20.5. The van der Waals surface area contributed by atoms with Crippen LogP contribution < -0.4 is 0 Å². The molecule has 5 N–H and O–H groups in total. The molecule has 60 heavy (non-hydrogen) atoms. The van der Waals surface area contributed by atoms with Gasteiger partial charge >= 0.3 is 11.9 Å². The predicted molar refractivity (Wildman–Crippen MR) is 219 cm³/mol. The lowest BCUT2D eigenvalue weighted by Crippen LogP contribution is -2.63. The average molecular weight is 851 g/mol. The van der Waals surface area contributed by atoms with Gasteiger partial charge in [0.25, 0.3) is 0 Å². The average Bonchev–Trinajstić information content (AvgIpc) is 3.40. The molecule has 6 aliphatic rings. The lowest BCUT2D eigenvalue weighted by atomic mass is 9.38. The van der Waals surface area contributed by atoms with Crippen molar-refractivity contribution in [2.45, 2.75) is 188 Å². The highest BCUT2D eigenvalue weighted by atomic mass is 16.7. The smallest absolute Gasteiger partial charge is 0.303 e. The molecule has 19 atom stereocenters. The molecule has 14 heteroatoms. The number of aliphatic hydroxyl groups is 5. The van der Waals surface area contributed by atoms with Gasteiger partial charge in [-0.05, 0) is 92.8 Å². The van der Waals surface area contributed by atoms with Crippen LogP contribution in [0.2, 0.25) is 0 Å². The number of rotatable bonds is 12. The van der Waals surface area contributed by atoms with Crippen molar-refractivity contribution in [3.63, 3.8) is 0 Å². The van der Waals surface area contributed by atoms with Crippen LogP contribution in [0.3, 0.4) is 0 Å². The van der Waals surface area contributed by atoms with Crippen LogP contribution in [0, 0.1) is 45.3 Å². The first-order valence-corrected chi connectivity index (χ1v) is 22.2. The van der Waals surface area contributed by atoms with Crippen molar-refractivity contribution in [1.29, 1.82) is 0 Å². The summed E-state index contributed by atoms with van der Waals surface area (Å²) in [7, 11) is 1.78. The van der Waals surface area contributed by atoms with Gasteiger partial charge < -0.3 is 58.7 Å². The number of allylic oxidation sites excluding steroid dienone is 2. The van der Waals surface area contributed by atoms with Gasteiger partial charge in [-0.15, -0.1) is 0 Å². The second-order valence-electron chi connectivity index (χ2n) is 20.5. The van der Waals surface area contributed by atoms with E-state index in [1.165, 1.54) is 25.0 Å². The van der Waals surface area contributed by atoms with E-state index in [1.807, 2.05) is 0 Å². The quantitative estimate of drug-likeness (QED) is 0.137. The van der Waals surface area contributed by atoms with Crippen molar-refractivity contribution in [2.24, 2.45) is 45.3 Å². The van der Waals surface area contributed by atoms with Gasteiger partial charge in [0, 0.05) is 32.3 Å². The molecule has 2 aliphatic heterocycles. The molecule has 0 spiro atoms. The van der Waals surface area contributed by atoms with Crippen molar-refractivity contribution in [2.75, 3.05) is 20.3 Å². The molecule has 342 valence electrons. The fraction of sp³-hybridized carbons (Fsp3) is 0.870. The normalized spacial score (nSPS) is 46.5. The van der Waals surface area contributed by atoms with E-state index in [2.05, 4.69) is 67.5 Å². The summed E-state index contributed by atoms with van der Waals surface area (Å²) in [6.07, 6.45) is -2.16. The monoisotopic (exact) mass is 851 g/mol. The lowest BCUT2D eigenvalue weighted by molar-refractivity contribution is -0.316. The Hall–Kier alpha value is -1.98. The Morgan fingerprint density at radius 1 is 0.850 bits per heavy atom. The van der Waals surface area contributed by atoms with Gasteiger partial charge in [0.15, 0.2) is 18.7 Å². The Bertz CT molecular complexity index is 1610. The topological polar surface area (TPSA) is 200 Å². The number of methoxy groups -OCH3 is 1. The Kier molecular flexibility index (Phi) is 14.2. The summed E-state index contributed by atoms with van der Waals surface area (Å²) in [5.74, 6) is -0.565. The zero-order chi connectivity index (χ0) is 44.3. The summed E-state index contributed by atoms with van der Waals surface area (Å²) in [4.78, 5) is 23.2. The highest BCUT2D eigenvalue weighted by Crippen LogP contribution is 2.75. The molecule has 14 nitrogen and oxygen atoms in total. The van der Waals surface area contributed by atoms with Crippen LogP contribution in [0.15, 0.2) is 23.3 Å². The number of fused-ring (bicyclic) bond motifs is 5. The van der Waals surface area contributed by atoms with E-state index in [4.69, 9.17) is 33.2 Å². The molecule has 0 amide bonds. The fourth-order valence-corrected chi connectivity index (χ4v) is 13.1. The maximum atomic E-state index is 11.7. The van der Waals surface area contributed by atoms with Gasteiger partial charge in [0.2, 0.25) is 0 Å². The van der Waals surface area contributed by atoms with E-state index in [0.717, 1.165) is 32.1 Å². The van der Waals surface area contributed by atoms with Crippen molar-refractivity contribution < 1.29 is 68.3 Å². The maximum Gasteiger partial charge on any atom is 0.303 e. The number of esters is 2. The van der Waals surface area contributed by atoms with E-state index in [-0.39, 0.29) is 71.4 Å². The number of carbonyl (C=O) groups excluding carboxylic acids is 2. The summed E-state index contributed by atoms with van der Waals surface area (Å²) < 4.78 is 42.3. The molecular formula is C46H74O14. The molecule has 5 fully saturated rings. The molecule has 6 rings (SSSR count). The molecular weight excluding hydrogens is 776 g/mol. The first kappa shape index (κ1) is 47.5. The van der Waals surface area contributed by atoms with E-state index >= 15 is 0 Å². The van der Waals surface area contributed by atoms with Crippen LogP contribution in [0.4, 0.5) is 0 Å². The fourth-order valence-electron chi connectivity index (χ4n) is 13.1. The van der Waals surface area contributed by atoms with Crippen molar-refractivity contribution in [3.05, 3.63) is 23.3 Å². The van der Waals surface area contributed by atoms with Gasteiger partial charge in [-0.1, -0.05) is 64.8 Å². The summed E-state index contributed by atoms with van der Waals surface area (Å²) in [5.41, 5.74) is 1.31. The van der Waals surface area contributed by atoms with Gasteiger partial charge in [0.05, 0.1) is 24.9 Å². The Morgan fingerprint density at radius 3 is 2.17 bits per heavy atom. The summed E-state index contributed by atoms with van der Waals surface area (Å²) in [5, 5.41) is 54.8. The van der Waals surface area contributed by atoms with Gasteiger partial charge in [-0.3, -0.25) is 9.59 Å². The highest BCUT2D eigenvalue weighted by Gasteiger charge is 2.72. The zero-order valence-electron chi connectivity index (χ0n) is 37.7. The molecule has 0 radical (unpaired) electrons. The van der Waals surface area contributed by atoms with Crippen molar-refractivity contribution in [3.8, 4) is 0 Å². The maximum absolute atomic E-state index is 11.7. The number of carbonyl (C=O) groups is 2. The minimum Gasteiger partial charge on any atom is -0.463 e. The third-order valence-corrected chi connectivity index (χ3v) is 16.3. The molecule has 3 saturated carbocycles. The first-order valence-electron chi connectivity index (χ1n) is 22.2. The number of hydrogen-bond donors (Lipinski definition) is 5. The number of ether oxygens (including phenoxy) is 7. The molecule has 2 heterocycles. The Balaban J connectivity index is 1.31. The van der Waals surface area contributed by atoms with E-state index in [0.29, 0.717) is 12.8 Å². The molecule has 0 aromatic carbocycles. The van der Waals surface area contributed by atoms with Crippen LogP contribution in [0.25, 0.3) is 0 Å². The molecule has 4 aliphatic carbocycles. The van der Waals surface area contributed by atoms with Crippen molar-refractivity contribution >= 4 is 11.9 Å². The molecule has 2 saturated heterocycles. The SMILES string of the molecule is COC1C=C2C(CCC(OC3OCC(OC(C)=O)C(O)C3O)C2(C)C)C2(C)CCC3(C)C(C(C)CCC=C(C)C)C(OC4OC(COC(C)=O)C(O)C(O)C4O)CC3(C)C12. The highest BCUT2D eigenvalue weighted by molar-refractivity contribution is 5.66. The third kappa shape index (κ3) is 8.41. The third-order valence-electron chi connectivity index (χ3n) is 16.3. The van der Waals surface area contributed by atoms with Gasteiger partial charge in [0.1, 0.15) is 43.2 Å². The summed E-state index contributed by atoms with van der Waals surface area (Å²) in [6.45, 7) is 20.2. The Morgan fingerprint density at radius 2 is 1.53 bits per heavy atom. The largest absolute Gasteiger partial charge is 0.463 e. The number of hydrogen-bond acceptors (Lipinski definition) is 14. The van der Waals surface area contributed by atoms with Gasteiger partial charge in [-0.2, -0.15) is 0 Å². The standard InChI is InChI=1S/C46H74O14/c1-23(2)13-12-14-24(3)34-30(58-42-39(53)37(51)35(49)32(59-42)21-55-25(4)47)20-46(10)40-29(54-11)19-28-27(44(40,8)17-18-45(34,46)9)15-16-33(43(28,6)7)60-41-38(52)36(50)31(22-56-41)57-26(5)48/h13,19,24,27,29-42,49-53H,12,14-18,20-22H2,1-11H3. The lowest BCUT2D eigenvalue weighted by Gasteiger charge is -2.67. The minimum absolute atomic E-state index is 0.0468. The minimum atomic E-state index is -1.56. The summed E-state index contributed by atoms with van der Waals surface area (Å²) >= 11 is 0. The summed E-state index contributed by atoms with van der Waals surface area (Å²) in [6, 6.07) is 0. The van der Waals surface area contributed by atoms with E-state index in [1.54, 1.807) is 7.11 Å². The molecule has 0 bridgehead atoms. The van der Waals surface area contributed by atoms with Crippen LogP contribution in [0.5, 0.6) is 0 Å². The molecule has 0 aromatic heterocycles. The zero-order valence-corrected chi connectivity index (χ0v) is 37.7. The Labute approximate surface area is 356 Å².